The maximum Gasteiger partial charge on any atom is 0.255 e. The van der Waals surface area contributed by atoms with Crippen LogP contribution in [0.15, 0.2) is 29.9 Å². The number of fused-ring (bicyclic) bond motifs is 1. The highest BCUT2D eigenvalue weighted by molar-refractivity contribution is 7.13. The molecule has 0 fully saturated rings. The number of carbonyl (C=O) groups excluding carboxylic acids is 1. The molecule has 0 saturated carbocycles. The molecule has 0 radical (unpaired) electrons. The second-order valence-electron chi connectivity index (χ2n) is 4.42. The number of hydrogen-bond donors (Lipinski definition) is 1. The Kier molecular flexibility index (Phi) is 3.42. The fraction of sp³-hybridized carbons (Fsp3) is 0.133. The monoisotopic (exact) mass is 296 g/mol. The fourth-order valence-electron chi connectivity index (χ4n) is 2.10. The van der Waals surface area contributed by atoms with Crippen molar-refractivity contribution in [2.45, 2.75) is 6.92 Å². The summed E-state index contributed by atoms with van der Waals surface area (Å²) < 4.78 is 1.68. The average Bonchev–Trinajstić information content (AvgIpc) is 3.13. The Balaban J connectivity index is 2.07. The van der Waals surface area contributed by atoms with E-state index in [4.69, 9.17) is 6.42 Å². The lowest BCUT2D eigenvalue weighted by atomic mass is 10.2. The highest BCUT2D eigenvalue weighted by Gasteiger charge is 2.16. The largest absolute Gasteiger partial charge is 0.341 e. The molecule has 3 aromatic rings. The number of nitrogens with zero attached hydrogens (tertiary/aromatic N) is 3. The summed E-state index contributed by atoms with van der Waals surface area (Å²) in [6.07, 6.45) is 8.48. The van der Waals surface area contributed by atoms with Gasteiger partial charge in [0.15, 0.2) is 5.65 Å². The predicted molar refractivity (Wildman–Crippen MR) is 82.2 cm³/mol. The van der Waals surface area contributed by atoms with Gasteiger partial charge < -0.3 is 5.32 Å². The molecule has 0 aliphatic carbocycles. The molecule has 0 aliphatic heterocycles. The third-order valence-corrected chi connectivity index (χ3v) is 4.05. The number of rotatable bonds is 3. The number of thiophene rings is 1. The zero-order chi connectivity index (χ0) is 14.8. The van der Waals surface area contributed by atoms with Crippen LogP contribution in [-0.4, -0.2) is 27.0 Å². The van der Waals surface area contributed by atoms with Crippen molar-refractivity contribution in [3.63, 3.8) is 0 Å². The van der Waals surface area contributed by atoms with Crippen molar-refractivity contribution in [1.29, 1.82) is 0 Å². The van der Waals surface area contributed by atoms with Gasteiger partial charge in [0.1, 0.15) is 0 Å². The molecule has 21 heavy (non-hydrogen) atoms. The minimum atomic E-state index is -0.243. The van der Waals surface area contributed by atoms with E-state index in [1.165, 1.54) is 0 Å². The number of carbonyl (C=O) groups is 1. The number of amides is 1. The van der Waals surface area contributed by atoms with Crippen molar-refractivity contribution in [2.24, 2.45) is 0 Å². The minimum Gasteiger partial charge on any atom is -0.341 e. The molecule has 0 bridgehead atoms. The molecule has 0 spiro atoms. The first kappa shape index (κ1) is 13.3. The zero-order valence-corrected chi connectivity index (χ0v) is 12.1. The standard InChI is InChI=1S/C15H12N4OS/c1-3-6-16-15(20)11-8-17-14-12(13-5-4-7-21-13)9-18-19(14)10(11)2/h1,4-5,7-9H,6H2,2H3,(H,16,20). The summed E-state index contributed by atoms with van der Waals surface area (Å²) in [5.74, 6) is 2.13. The lowest BCUT2D eigenvalue weighted by Crippen LogP contribution is -2.25. The van der Waals surface area contributed by atoms with Gasteiger partial charge in [0.25, 0.3) is 5.91 Å². The average molecular weight is 296 g/mol. The molecule has 6 heteroatoms. The van der Waals surface area contributed by atoms with Crippen LogP contribution in [-0.2, 0) is 0 Å². The van der Waals surface area contributed by atoms with Gasteiger partial charge in [0.2, 0.25) is 0 Å². The maximum atomic E-state index is 12.0. The first-order valence-corrected chi connectivity index (χ1v) is 7.19. The van der Waals surface area contributed by atoms with Gasteiger partial charge in [0, 0.05) is 11.1 Å². The molecule has 3 rings (SSSR count). The molecular formula is C15H12N4OS. The van der Waals surface area contributed by atoms with Gasteiger partial charge in [0.05, 0.1) is 29.6 Å². The summed E-state index contributed by atoms with van der Waals surface area (Å²) in [6.45, 7) is 2.03. The number of hydrogen-bond acceptors (Lipinski definition) is 4. The predicted octanol–water partition coefficient (Wildman–Crippen LogP) is 2.13. The van der Waals surface area contributed by atoms with Crippen molar-refractivity contribution >= 4 is 22.9 Å². The van der Waals surface area contributed by atoms with E-state index in [1.54, 1.807) is 28.2 Å². The Morgan fingerprint density at radius 2 is 2.38 bits per heavy atom. The maximum absolute atomic E-state index is 12.0. The molecule has 0 aliphatic rings. The molecule has 1 N–H and O–H groups in total. The van der Waals surface area contributed by atoms with E-state index in [0.717, 1.165) is 21.8 Å². The summed E-state index contributed by atoms with van der Waals surface area (Å²) in [4.78, 5) is 17.5. The summed E-state index contributed by atoms with van der Waals surface area (Å²) in [6, 6.07) is 4.00. The zero-order valence-electron chi connectivity index (χ0n) is 11.3. The molecule has 0 aromatic carbocycles. The molecule has 0 atom stereocenters. The molecule has 1 amide bonds. The van der Waals surface area contributed by atoms with Gasteiger partial charge in [-0.3, -0.25) is 4.79 Å². The van der Waals surface area contributed by atoms with Crippen molar-refractivity contribution in [2.75, 3.05) is 6.54 Å². The van der Waals surface area contributed by atoms with Crippen LogP contribution < -0.4 is 5.32 Å². The van der Waals surface area contributed by atoms with Crippen molar-refractivity contribution in [3.8, 4) is 22.8 Å². The lowest BCUT2D eigenvalue weighted by molar-refractivity contribution is 0.0957. The van der Waals surface area contributed by atoms with Crippen LogP contribution in [0, 0.1) is 19.3 Å². The lowest BCUT2D eigenvalue weighted by Gasteiger charge is -2.07. The van der Waals surface area contributed by atoms with Gasteiger partial charge in [-0.05, 0) is 18.4 Å². The van der Waals surface area contributed by atoms with Crippen LogP contribution in [0.25, 0.3) is 16.1 Å². The highest BCUT2D eigenvalue weighted by Crippen LogP contribution is 2.28. The minimum absolute atomic E-state index is 0.190. The summed E-state index contributed by atoms with van der Waals surface area (Å²) in [5, 5.41) is 8.98. The molecular weight excluding hydrogens is 284 g/mol. The van der Waals surface area contributed by atoms with E-state index < -0.39 is 0 Å². The highest BCUT2D eigenvalue weighted by atomic mass is 32.1. The molecule has 3 heterocycles. The molecule has 0 saturated heterocycles. The van der Waals surface area contributed by atoms with E-state index in [1.807, 2.05) is 24.4 Å². The smallest absolute Gasteiger partial charge is 0.255 e. The molecule has 104 valence electrons. The number of nitrogens with one attached hydrogen (secondary N) is 1. The topological polar surface area (TPSA) is 59.3 Å². The van der Waals surface area contributed by atoms with E-state index in [0.29, 0.717) is 5.56 Å². The molecule has 3 aromatic heterocycles. The van der Waals surface area contributed by atoms with Gasteiger partial charge in [-0.15, -0.1) is 17.8 Å². The Bertz CT molecular complexity index is 843. The fourth-order valence-corrected chi connectivity index (χ4v) is 2.83. The van der Waals surface area contributed by atoms with Crippen molar-refractivity contribution < 1.29 is 4.79 Å². The van der Waals surface area contributed by atoms with E-state index >= 15 is 0 Å². The van der Waals surface area contributed by atoms with Gasteiger partial charge >= 0.3 is 0 Å². The molecule has 5 nitrogen and oxygen atoms in total. The van der Waals surface area contributed by atoms with Crippen LogP contribution in [0.2, 0.25) is 0 Å². The summed E-state index contributed by atoms with van der Waals surface area (Å²) in [5.41, 5.74) is 2.91. The van der Waals surface area contributed by atoms with Gasteiger partial charge in [-0.2, -0.15) is 5.10 Å². The van der Waals surface area contributed by atoms with Crippen molar-refractivity contribution in [3.05, 3.63) is 41.2 Å². The van der Waals surface area contributed by atoms with Crippen molar-refractivity contribution in [1.82, 2.24) is 19.9 Å². The first-order valence-electron chi connectivity index (χ1n) is 6.31. The normalized spacial score (nSPS) is 10.5. The van der Waals surface area contributed by atoms with Gasteiger partial charge in [-0.25, -0.2) is 9.50 Å². The van der Waals surface area contributed by atoms with Crippen LogP contribution in [0.4, 0.5) is 0 Å². The van der Waals surface area contributed by atoms with Crippen LogP contribution >= 0.6 is 11.3 Å². The second-order valence-corrected chi connectivity index (χ2v) is 5.36. The Labute approximate surface area is 125 Å². The Hall–Kier alpha value is -2.65. The van der Waals surface area contributed by atoms with Crippen LogP contribution in [0.3, 0.4) is 0 Å². The Morgan fingerprint density at radius 3 is 3.10 bits per heavy atom. The van der Waals surface area contributed by atoms with Crippen LogP contribution in [0.5, 0.6) is 0 Å². The van der Waals surface area contributed by atoms with Crippen LogP contribution in [0.1, 0.15) is 16.1 Å². The third kappa shape index (κ3) is 2.28. The summed E-state index contributed by atoms with van der Waals surface area (Å²) >= 11 is 1.63. The third-order valence-electron chi connectivity index (χ3n) is 3.15. The van der Waals surface area contributed by atoms with E-state index in [-0.39, 0.29) is 12.5 Å². The Morgan fingerprint density at radius 1 is 1.52 bits per heavy atom. The van der Waals surface area contributed by atoms with E-state index in [2.05, 4.69) is 21.3 Å². The quantitative estimate of drug-likeness (QED) is 0.753. The first-order chi connectivity index (χ1) is 10.2. The molecule has 0 unspecified atom stereocenters. The number of terminal acetylenes is 1. The number of aryl methyl sites for hydroxylation is 1. The summed E-state index contributed by atoms with van der Waals surface area (Å²) in [7, 11) is 0. The number of aromatic nitrogens is 3. The van der Waals surface area contributed by atoms with Gasteiger partial charge in [-0.1, -0.05) is 12.0 Å². The SMILES string of the molecule is C#CCNC(=O)c1cnc2c(-c3cccs3)cnn2c1C. The van der Waals surface area contributed by atoms with E-state index in [9.17, 15) is 4.79 Å². The second kappa shape index (κ2) is 5.38.